The molecule has 3 nitrogen and oxygen atoms in total. The SMILES string of the molecule is COCCC1CCCC2(C1)NCC(c1c(C)ccc(-c3ccc(Cl)cc3)c1C)=C2O. The minimum atomic E-state index is -0.277. The summed E-state index contributed by atoms with van der Waals surface area (Å²) >= 11 is 6.09. The van der Waals surface area contributed by atoms with Gasteiger partial charge >= 0.3 is 0 Å². The quantitative estimate of drug-likeness (QED) is 0.577. The van der Waals surface area contributed by atoms with Crippen molar-refractivity contribution in [1.82, 2.24) is 5.32 Å². The van der Waals surface area contributed by atoms with Gasteiger partial charge in [-0.25, -0.2) is 0 Å². The number of hydrogen-bond acceptors (Lipinski definition) is 3. The third kappa shape index (κ3) is 3.91. The molecule has 2 atom stereocenters. The van der Waals surface area contributed by atoms with E-state index < -0.39 is 0 Å². The van der Waals surface area contributed by atoms with Crippen molar-refractivity contribution >= 4 is 17.2 Å². The van der Waals surface area contributed by atoms with Gasteiger partial charge in [0.1, 0.15) is 5.76 Å². The molecule has 2 aromatic rings. The summed E-state index contributed by atoms with van der Waals surface area (Å²) in [5.74, 6) is 1.15. The molecule has 2 unspecified atom stereocenters. The van der Waals surface area contributed by atoms with Gasteiger partial charge in [-0.15, -0.1) is 0 Å². The van der Waals surface area contributed by atoms with Gasteiger partial charge in [0.25, 0.3) is 0 Å². The van der Waals surface area contributed by atoms with Crippen molar-refractivity contribution in [3.8, 4) is 11.1 Å². The number of nitrogens with one attached hydrogen (secondary N) is 1. The zero-order valence-electron chi connectivity index (χ0n) is 18.2. The number of hydrogen-bond donors (Lipinski definition) is 2. The molecule has 1 aliphatic carbocycles. The fraction of sp³-hybridized carbons (Fsp3) is 0.462. The summed E-state index contributed by atoms with van der Waals surface area (Å²) < 4.78 is 5.30. The van der Waals surface area contributed by atoms with Crippen LogP contribution in [0.3, 0.4) is 0 Å². The van der Waals surface area contributed by atoms with Gasteiger partial charge < -0.3 is 15.2 Å². The highest BCUT2D eigenvalue weighted by atomic mass is 35.5. The Hall–Kier alpha value is -1.81. The molecular formula is C26H32ClNO2. The van der Waals surface area contributed by atoms with E-state index in [4.69, 9.17) is 16.3 Å². The van der Waals surface area contributed by atoms with Crippen LogP contribution < -0.4 is 5.32 Å². The van der Waals surface area contributed by atoms with E-state index in [2.05, 4.69) is 43.4 Å². The summed E-state index contributed by atoms with van der Waals surface area (Å²) in [7, 11) is 1.77. The number of aliphatic hydroxyl groups is 1. The number of benzene rings is 2. The minimum absolute atomic E-state index is 0.277. The molecule has 160 valence electrons. The highest BCUT2D eigenvalue weighted by Crippen LogP contribution is 2.45. The van der Waals surface area contributed by atoms with E-state index in [-0.39, 0.29) is 5.54 Å². The summed E-state index contributed by atoms with van der Waals surface area (Å²) in [5.41, 5.74) is 6.73. The van der Waals surface area contributed by atoms with Crippen LogP contribution in [0, 0.1) is 19.8 Å². The number of methoxy groups -OCH3 is 1. The zero-order chi connectivity index (χ0) is 21.3. The van der Waals surface area contributed by atoms with Gasteiger partial charge in [0.15, 0.2) is 0 Å². The molecule has 0 aromatic heterocycles. The van der Waals surface area contributed by atoms with E-state index in [1.807, 2.05) is 12.1 Å². The number of rotatable bonds is 5. The van der Waals surface area contributed by atoms with Gasteiger partial charge in [0.05, 0.1) is 5.54 Å². The molecule has 30 heavy (non-hydrogen) atoms. The molecular weight excluding hydrogens is 394 g/mol. The summed E-state index contributed by atoms with van der Waals surface area (Å²) in [6.45, 7) is 5.81. The van der Waals surface area contributed by atoms with E-state index in [0.717, 1.165) is 48.4 Å². The van der Waals surface area contributed by atoms with Crippen LogP contribution in [0.4, 0.5) is 0 Å². The average molecular weight is 426 g/mol. The lowest BCUT2D eigenvalue weighted by Crippen LogP contribution is -2.46. The third-order valence-corrected chi connectivity index (χ3v) is 7.31. The molecule has 0 bridgehead atoms. The van der Waals surface area contributed by atoms with Gasteiger partial charge in [-0.1, -0.05) is 48.7 Å². The fourth-order valence-corrected chi connectivity index (χ4v) is 5.60. The van der Waals surface area contributed by atoms with Crippen LogP contribution in [0.2, 0.25) is 5.02 Å². The fourth-order valence-electron chi connectivity index (χ4n) is 5.47. The van der Waals surface area contributed by atoms with Crippen LogP contribution in [0.25, 0.3) is 16.7 Å². The Morgan fingerprint density at radius 2 is 1.93 bits per heavy atom. The first-order chi connectivity index (χ1) is 14.4. The molecule has 1 heterocycles. The molecule has 1 spiro atoms. The first-order valence-corrected chi connectivity index (χ1v) is 11.4. The lowest BCUT2D eigenvalue weighted by molar-refractivity contribution is 0.129. The first kappa shape index (κ1) is 21.4. The second-order valence-electron chi connectivity index (χ2n) is 8.94. The normalized spacial score (nSPS) is 24.1. The summed E-state index contributed by atoms with van der Waals surface area (Å²) in [6, 6.07) is 12.3. The van der Waals surface area contributed by atoms with Gasteiger partial charge in [0.2, 0.25) is 0 Å². The van der Waals surface area contributed by atoms with Crippen LogP contribution in [0.5, 0.6) is 0 Å². The van der Waals surface area contributed by atoms with Crippen molar-refractivity contribution in [2.24, 2.45) is 5.92 Å². The molecule has 2 aliphatic rings. The van der Waals surface area contributed by atoms with E-state index in [1.54, 1.807) is 7.11 Å². The second-order valence-corrected chi connectivity index (χ2v) is 9.38. The lowest BCUT2D eigenvalue weighted by Gasteiger charge is -2.38. The van der Waals surface area contributed by atoms with Crippen LogP contribution >= 0.6 is 11.6 Å². The minimum Gasteiger partial charge on any atom is -0.510 e. The molecule has 0 radical (unpaired) electrons. The molecule has 0 saturated heterocycles. The first-order valence-electron chi connectivity index (χ1n) is 11.0. The predicted molar refractivity (Wildman–Crippen MR) is 125 cm³/mol. The Labute approximate surface area is 185 Å². The lowest BCUT2D eigenvalue weighted by atomic mass is 9.73. The van der Waals surface area contributed by atoms with E-state index in [1.165, 1.54) is 28.7 Å². The summed E-state index contributed by atoms with van der Waals surface area (Å²) in [6.07, 6.45) is 5.41. The molecule has 0 amide bonds. The summed E-state index contributed by atoms with van der Waals surface area (Å²) in [4.78, 5) is 0. The van der Waals surface area contributed by atoms with Crippen LogP contribution in [-0.2, 0) is 4.74 Å². The maximum absolute atomic E-state index is 11.5. The Morgan fingerprint density at radius 1 is 1.17 bits per heavy atom. The van der Waals surface area contributed by atoms with Crippen LogP contribution in [-0.4, -0.2) is 30.9 Å². The molecule has 2 N–H and O–H groups in total. The Bertz CT molecular complexity index is 950. The Kier molecular flexibility index (Phi) is 6.24. The smallest absolute Gasteiger partial charge is 0.117 e. The van der Waals surface area contributed by atoms with E-state index >= 15 is 0 Å². The number of ether oxygens (including phenoxy) is 1. The van der Waals surface area contributed by atoms with Crippen molar-refractivity contribution in [3.63, 3.8) is 0 Å². The zero-order valence-corrected chi connectivity index (χ0v) is 19.0. The van der Waals surface area contributed by atoms with Crippen LogP contribution in [0.15, 0.2) is 42.2 Å². The Balaban J connectivity index is 1.71. The van der Waals surface area contributed by atoms with Gasteiger partial charge in [-0.3, -0.25) is 0 Å². The Morgan fingerprint density at radius 3 is 2.67 bits per heavy atom. The number of aryl methyl sites for hydroxylation is 1. The van der Waals surface area contributed by atoms with Crippen molar-refractivity contribution < 1.29 is 9.84 Å². The topological polar surface area (TPSA) is 41.5 Å². The third-order valence-electron chi connectivity index (χ3n) is 7.06. The largest absolute Gasteiger partial charge is 0.510 e. The van der Waals surface area contributed by atoms with E-state index in [0.29, 0.717) is 18.2 Å². The maximum atomic E-state index is 11.5. The molecule has 4 heteroatoms. The standard InChI is InChI=1S/C26H32ClNO2/c1-17-6-11-22(20-7-9-21(27)10-8-20)18(2)24(17)23-16-28-26(25(23)29)13-4-5-19(15-26)12-14-30-3/h6-11,19,28-29H,4-5,12-16H2,1-3H3. The molecule has 1 saturated carbocycles. The van der Waals surface area contributed by atoms with Gasteiger partial charge in [-0.2, -0.15) is 0 Å². The summed E-state index contributed by atoms with van der Waals surface area (Å²) in [5, 5.41) is 15.9. The highest BCUT2D eigenvalue weighted by Gasteiger charge is 2.45. The van der Waals surface area contributed by atoms with Crippen molar-refractivity contribution in [3.05, 3.63) is 63.9 Å². The molecule has 1 aliphatic heterocycles. The number of halogens is 1. The van der Waals surface area contributed by atoms with E-state index in [9.17, 15) is 5.11 Å². The van der Waals surface area contributed by atoms with Gasteiger partial charge in [-0.05, 0) is 79.0 Å². The monoisotopic (exact) mass is 425 g/mol. The highest BCUT2D eigenvalue weighted by molar-refractivity contribution is 6.30. The molecule has 4 rings (SSSR count). The molecule has 2 aromatic carbocycles. The average Bonchev–Trinajstić information content (AvgIpc) is 3.03. The maximum Gasteiger partial charge on any atom is 0.117 e. The predicted octanol–water partition coefficient (Wildman–Crippen LogP) is 6.46. The molecule has 1 fully saturated rings. The van der Waals surface area contributed by atoms with Crippen molar-refractivity contribution in [2.75, 3.05) is 20.3 Å². The second kappa shape index (κ2) is 8.74. The number of aliphatic hydroxyl groups excluding tert-OH is 1. The van der Waals surface area contributed by atoms with Crippen LogP contribution in [0.1, 0.15) is 48.8 Å². The van der Waals surface area contributed by atoms with Crippen molar-refractivity contribution in [2.45, 2.75) is 51.5 Å². The van der Waals surface area contributed by atoms with Gasteiger partial charge in [0, 0.05) is 30.9 Å². The van der Waals surface area contributed by atoms with Crippen molar-refractivity contribution in [1.29, 1.82) is 0 Å².